The van der Waals surface area contributed by atoms with Gasteiger partial charge in [-0.1, -0.05) is 23.7 Å². The van der Waals surface area contributed by atoms with Crippen LogP contribution in [-0.4, -0.2) is 10.7 Å². The Bertz CT molecular complexity index is 750. The maximum atomic E-state index is 13.1. The number of nitro groups is 1. The van der Waals surface area contributed by atoms with Crippen LogP contribution >= 0.6 is 11.6 Å². The number of halogens is 3. The first-order valence-corrected chi connectivity index (χ1v) is 6.63. The van der Waals surface area contributed by atoms with Crippen molar-refractivity contribution in [1.82, 2.24) is 0 Å². The predicted molar refractivity (Wildman–Crippen MR) is 76.9 cm³/mol. The Labute approximate surface area is 129 Å². The van der Waals surface area contributed by atoms with E-state index in [2.05, 4.69) is 0 Å². The highest BCUT2D eigenvalue weighted by atomic mass is 35.5. The molecule has 0 heterocycles. The van der Waals surface area contributed by atoms with Gasteiger partial charge in [0.1, 0.15) is 10.8 Å². The molecule has 0 radical (unpaired) electrons. The molecule has 0 saturated heterocycles. The molecule has 0 fully saturated rings. The molecular formula is C15H10ClF2NO3. The van der Waals surface area contributed by atoms with Crippen LogP contribution in [0.5, 0.6) is 0 Å². The van der Waals surface area contributed by atoms with Gasteiger partial charge in [0, 0.05) is 18.9 Å². The van der Waals surface area contributed by atoms with Crippen molar-refractivity contribution in [3.8, 4) is 0 Å². The summed E-state index contributed by atoms with van der Waals surface area (Å²) in [6.07, 6.45) is -0.148. The van der Waals surface area contributed by atoms with Gasteiger partial charge in [-0.05, 0) is 29.3 Å². The standard InChI is InChI=1S/C15H10ClF2NO3/c16-12-3-1-10(8-15(12)19(21)22)6-11(20)5-9-2-4-13(17)14(18)7-9/h1-4,7-8H,5-6H2. The van der Waals surface area contributed by atoms with Gasteiger partial charge in [0.15, 0.2) is 11.6 Å². The van der Waals surface area contributed by atoms with Crippen LogP contribution in [0, 0.1) is 21.7 Å². The lowest BCUT2D eigenvalue weighted by molar-refractivity contribution is -0.384. The van der Waals surface area contributed by atoms with E-state index < -0.39 is 16.6 Å². The van der Waals surface area contributed by atoms with Crippen molar-refractivity contribution in [2.75, 3.05) is 0 Å². The summed E-state index contributed by atoms with van der Waals surface area (Å²) >= 11 is 5.69. The molecule has 0 spiro atoms. The second kappa shape index (κ2) is 6.62. The van der Waals surface area contributed by atoms with E-state index in [0.717, 1.165) is 12.1 Å². The quantitative estimate of drug-likeness (QED) is 0.619. The summed E-state index contributed by atoms with van der Waals surface area (Å²) in [6.45, 7) is 0. The minimum absolute atomic E-state index is 0.0122. The van der Waals surface area contributed by atoms with Gasteiger partial charge < -0.3 is 0 Å². The van der Waals surface area contributed by atoms with Crippen molar-refractivity contribution in [3.63, 3.8) is 0 Å². The SMILES string of the molecule is O=C(Cc1ccc(F)c(F)c1)Cc1ccc(Cl)c([N+](=O)[O-])c1. The Kier molecular flexibility index (Phi) is 4.82. The molecule has 0 aliphatic rings. The number of Topliss-reactive ketones (excluding diaryl/α,β-unsaturated/α-hetero) is 1. The molecule has 2 aromatic carbocycles. The topological polar surface area (TPSA) is 60.2 Å². The largest absolute Gasteiger partial charge is 0.299 e. The van der Waals surface area contributed by atoms with Crippen molar-refractivity contribution in [3.05, 3.63) is 74.3 Å². The summed E-state index contributed by atoms with van der Waals surface area (Å²) in [5.41, 5.74) is 0.496. The zero-order valence-electron chi connectivity index (χ0n) is 11.2. The zero-order chi connectivity index (χ0) is 16.3. The Balaban J connectivity index is 2.10. The fourth-order valence-electron chi connectivity index (χ4n) is 1.98. The molecular weight excluding hydrogens is 316 g/mol. The van der Waals surface area contributed by atoms with Crippen LogP contribution in [0.2, 0.25) is 5.02 Å². The van der Waals surface area contributed by atoms with Crippen LogP contribution in [-0.2, 0) is 17.6 Å². The van der Waals surface area contributed by atoms with Gasteiger partial charge in [0.2, 0.25) is 0 Å². The van der Waals surface area contributed by atoms with Gasteiger partial charge in [-0.25, -0.2) is 8.78 Å². The highest BCUT2D eigenvalue weighted by molar-refractivity contribution is 6.32. The van der Waals surface area contributed by atoms with Crippen molar-refractivity contribution in [2.45, 2.75) is 12.8 Å². The van der Waals surface area contributed by atoms with Crippen molar-refractivity contribution in [2.24, 2.45) is 0 Å². The van der Waals surface area contributed by atoms with Crippen LogP contribution in [0.15, 0.2) is 36.4 Å². The van der Waals surface area contributed by atoms with Gasteiger partial charge in [-0.2, -0.15) is 0 Å². The minimum Gasteiger partial charge on any atom is -0.299 e. The van der Waals surface area contributed by atoms with Crippen molar-refractivity contribution >= 4 is 23.1 Å². The lowest BCUT2D eigenvalue weighted by Gasteiger charge is -2.04. The molecule has 2 rings (SSSR count). The Morgan fingerprint density at radius 3 is 2.23 bits per heavy atom. The van der Waals surface area contributed by atoms with E-state index in [1.807, 2.05) is 0 Å². The number of carbonyl (C=O) groups excluding carboxylic acids is 1. The molecule has 0 aliphatic heterocycles. The number of ketones is 1. The Hall–Kier alpha value is -2.34. The predicted octanol–water partition coefficient (Wildman–Crippen LogP) is 3.88. The lowest BCUT2D eigenvalue weighted by Crippen LogP contribution is -2.07. The van der Waals surface area contributed by atoms with Crippen LogP contribution in [0.1, 0.15) is 11.1 Å². The third-order valence-electron chi connectivity index (χ3n) is 2.99. The molecule has 114 valence electrons. The molecule has 0 unspecified atom stereocenters. The van der Waals surface area contributed by atoms with E-state index in [1.54, 1.807) is 0 Å². The molecule has 0 atom stereocenters. The van der Waals surface area contributed by atoms with E-state index in [-0.39, 0.29) is 29.3 Å². The van der Waals surface area contributed by atoms with E-state index >= 15 is 0 Å². The summed E-state index contributed by atoms with van der Waals surface area (Å²) in [7, 11) is 0. The maximum absolute atomic E-state index is 13.1. The normalized spacial score (nSPS) is 10.5. The number of hydrogen-bond donors (Lipinski definition) is 0. The molecule has 0 amide bonds. The number of hydrogen-bond acceptors (Lipinski definition) is 3. The van der Waals surface area contributed by atoms with Crippen LogP contribution < -0.4 is 0 Å². The molecule has 7 heteroatoms. The molecule has 4 nitrogen and oxygen atoms in total. The number of nitro benzene ring substituents is 1. The fraction of sp³-hybridized carbons (Fsp3) is 0.133. The molecule has 0 saturated carbocycles. The summed E-state index contributed by atoms with van der Waals surface area (Å²) in [4.78, 5) is 22.1. The van der Waals surface area contributed by atoms with Crippen molar-refractivity contribution in [1.29, 1.82) is 0 Å². The van der Waals surface area contributed by atoms with Gasteiger partial charge in [0.05, 0.1) is 4.92 Å². The number of nitrogens with zero attached hydrogens (tertiary/aromatic N) is 1. The number of rotatable bonds is 5. The average molecular weight is 326 g/mol. The van der Waals surface area contributed by atoms with E-state index in [9.17, 15) is 23.7 Å². The monoisotopic (exact) mass is 325 g/mol. The Morgan fingerprint density at radius 2 is 1.64 bits per heavy atom. The number of carbonyl (C=O) groups is 1. The first-order valence-electron chi connectivity index (χ1n) is 6.25. The van der Waals surface area contributed by atoms with Crippen LogP contribution in [0.25, 0.3) is 0 Å². The third kappa shape index (κ3) is 3.85. The number of benzene rings is 2. The first kappa shape index (κ1) is 16.0. The second-order valence-electron chi connectivity index (χ2n) is 4.68. The molecule has 2 aromatic rings. The molecule has 0 aliphatic carbocycles. The van der Waals surface area contributed by atoms with Crippen molar-refractivity contribution < 1.29 is 18.5 Å². The fourth-order valence-corrected chi connectivity index (χ4v) is 2.16. The highest BCUT2D eigenvalue weighted by Crippen LogP contribution is 2.25. The summed E-state index contributed by atoms with van der Waals surface area (Å²) < 4.78 is 25.9. The summed E-state index contributed by atoms with van der Waals surface area (Å²) in [5, 5.41) is 10.8. The molecule has 0 aromatic heterocycles. The van der Waals surface area contributed by atoms with Gasteiger partial charge in [-0.3, -0.25) is 14.9 Å². The first-order chi connectivity index (χ1) is 10.4. The second-order valence-corrected chi connectivity index (χ2v) is 5.09. The van der Waals surface area contributed by atoms with Crippen LogP contribution in [0.4, 0.5) is 14.5 Å². The van der Waals surface area contributed by atoms with Gasteiger partial charge in [0.25, 0.3) is 5.69 Å². The van der Waals surface area contributed by atoms with E-state index in [4.69, 9.17) is 11.6 Å². The summed E-state index contributed by atoms with van der Waals surface area (Å²) in [5.74, 6) is -2.28. The van der Waals surface area contributed by atoms with E-state index in [1.165, 1.54) is 24.3 Å². The van der Waals surface area contributed by atoms with Gasteiger partial charge >= 0.3 is 0 Å². The van der Waals surface area contributed by atoms with E-state index in [0.29, 0.717) is 11.1 Å². The highest BCUT2D eigenvalue weighted by Gasteiger charge is 2.15. The lowest BCUT2D eigenvalue weighted by atomic mass is 10.0. The van der Waals surface area contributed by atoms with Gasteiger partial charge in [-0.15, -0.1) is 0 Å². The molecule has 0 bridgehead atoms. The van der Waals surface area contributed by atoms with Crippen LogP contribution in [0.3, 0.4) is 0 Å². The third-order valence-corrected chi connectivity index (χ3v) is 3.31. The summed E-state index contributed by atoms with van der Waals surface area (Å²) in [6, 6.07) is 7.31. The Morgan fingerprint density at radius 1 is 1.05 bits per heavy atom. The average Bonchev–Trinajstić information content (AvgIpc) is 2.44. The smallest absolute Gasteiger partial charge is 0.288 e. The molecule has 22 heavy (non-hydrogen) atoms. The molecule has 0 N–H and O–H groups in total. The maximum Gasteiger partial charge on any atom is 0.288 e. The zero-order valence-corrected chi connectivity index (χ0v) is 11.9. The minimum atomic E-state index is -1.02.